The van der Waals surface area contributed by atoms with Crippen LogP contribution in [0.3, 0.4) is 0 Å². The largest absolute Gasteiger partial charge is 0.462 e. The molecule has 0 aromatic rings. The number of unbranched alkanes of at least 4 members (excludes halogenated alkanes) is 52. The van der Waals surface area contributed by atoms with Gasteiger partial charge < -0.3 is 14.2 Å². The summed E-state index contributed by atoms with van der Waals surface area (Å²) in [5.74, 6) is -0.840. The van der Waals surface area contributed by atoms with Crippen LogP contribution in [0, 0.1) is 0 Å². The van der Waals surface area contributed by atoms with E-state index in [9.17, 15) is 14.4 Å². The number of allylic oxidation sites excluding steroid dienone is 4. The van der Waals surface area contributed by atoms with E-state index in [1.807, 2.05) is 0 Å². The highest BCUT2D eigenvalue weighted by Crippen LogP contribution is 2.19. The highest BCUT2D eigenvalue weighted by atomic mass is 16.6. The molecule has 0 radical (unpaired) electrons. The third-order valence-corrected chi connectivity index (χ3v) is 16.4. The first-order valence-corrected chi connectivity index (χ1v) is 35.8. The van der Waals surface area contributed by atoms with Gasteiger partial charge in [0.1, 0.15) is 13.2 Å². The van der Waals surface area contributed by atoms with Crippen molar-refractivity contribution in [3.05, 3.63) is 24.3 Å². The molecule has 0 bridgehead atoms. The topological polar surface area (TPSA) is 78.9 Å². The Morgan fingerprint density at radius 1 is 0.241 bits per heavy atom. The molecule has 0 aromatic heterocycles. The molecule has 0 N–H and O–H groups in total. The van der Waals surface area contributed by atoms with Gasteiger partial charge in [0.15, 0.2) is 6.10 Å². The summed E-state index contributed by atoms with van der Waals surface area (Å²) in [4.78, 5) is 38.4. The summed E-state index contributed by atoms with van der Waals surface area (Å²) in [6.45, 7) is 6.71. The molecular weight excluding hydrogens is 973 g/mol. The predicted octanol–water partition coefficient (Wildman–Crippen LogP) is 24.6. The van der Waals surface area contributed by atoms with Gasteiger partial charge in [-0.1, -0.05) is 340 Å². The van der Waals surface area contributed by atoms with Gasteiger partial charge in [-0.3, -0.25) is 14.4 Å². The average molecular weight is 1110 g/mol. The second kappa shape index (κ2) is 68.4. The molecule has 0 saturated heterocycles. The fraction of sp³-hybridized carbons (Fsp3) is 0.904. The van der Waals surface area contributed by atoms with Gasteiger partial charge in [0, 0.05) is 19.3 Å². The number of carbonyl (C=O) groups is 3. The molecule has 79 heavy (non-hydrogen) atoms. The average Bonchev–Trinajstić information content (AvgIpc) is 3.45. The van der Waals surface area contributed by atoms with Gasteiger partial charge in [-0.25, -0.2) is 0 Å². The van der Waals surface area contributed by atoms with E-state index in [2.05, 4.69) is 45.1 Å². The van der Waals surface area contributed by atoms with Crippen molar-refractivity contribution >= 4 is 17.9 Å². The van der Waals surface area contributed by atoms with Crippen molar-refractivity contribution in [3.8, 4) is 0 Å². The lowest BCUT2D eigenvalue weighted by Crippen LogP contribution is -2.30. The van der Waals surface area contributed by atoms with E-state index in [-0.39, 0.29) is 31.1 Å². The number of hydrogen-bond donors (Lipinski definition) is 0. The minimum absolute atomic E-state index is 0.0666. The molecule has 0 spiro atoms. The first kappa shape index (κ1) is 76.9. The van der Waals surface area contributed by atoms with Crippen LogP contribution in [-0.4, -0.2) is 37.2 Å². The SMILES string of the molecule is CCCCCCCC/C=C\CCCCCCCCCC(=O)OC(COC(=O)CCCCCCCCCCCCCCC)COC(=O)CCCCCCCCCCCCCCCCCCCCC/C=C\CCCCCCCCCC. The van der Waals surface area contributed by atoms with Crippen molar-refractivity contribution < 1.29 is 28.6 Å². The number of ether oxygens (including phenoxy) is 3. The molecule has 0 amide bonds. The Morgan fingerprint density at radius 2 is 0.418 bits per heavy atom. The maximum atomic E-state index is 12.9. The molecule has 0 aliphatic carbocycles. The molecule has 1 unspecified atom stereocenters. The molecule has 0 heterocycles. The van der Waals surface area contributed by atoms with Crippen molar-refractivity contribution in [3.63, 3.8) is 0 Å². The zero-order chi connectivity index (χ0) is 57.1. The van der Waals surface area contributed by atoms with Gasteiger partial charge in [0.2, 0.25) is 0 Å². The monoisotopic (exact) mass is 1110 g/mol. The summed E-state index contributed by atoms with van der Waals surface area (Å²) in [7, 11) is 0. The lowest BCUT2D eigenvalue weighted by atomic mass is 10.0. The van der Waals surface area contributed by atoms with Crippen LogP contribution < -0.4 is 0 Å². The van der Waals surface area contributed by atoms with E-state index in [0.29, 0.717) is 19.3 Å². The van der Waals surface area contributed by atoms with Crippen LogP contribution in [-0.2, 0) is 28.6 Å². The zero-order valence-electron chi connectivity index (χ0n) is 53.7. The minimum atomic E-state index is -0.770. The third-order valence-electron chi connectivity index (χ3n) is 16.4. The summed E-state index contributed by atoms with van der Waals surface area (Å²) < 4.78 is 17.0. The van der Waals surface area contributed by atoms with Crippen molar-refractivity contribution in [1.29, 1.82) is 0 Å². The van der Waals surface area contributed by atoms with Crippen LogP contribution in [0.1, 0.15) is 406 Å². The van der Waals surface area contributed by atoms with Crippen LogP contribution in [0.25, 0.3) is 0 Å². The van der Waals surface area contributed by atoms with Gasteiger partial charge in [-0.15, -0.1) is 0 Å². The number of carbonyl (C=O) groups excluding carboxylic acids is 3. The Balaban J connectivity index is 4.12. The molecule has 0 aromatic carbocycles. The van der Waals surface area contributed by atoms with Gasteiger partial charge in [0.05, 0.1) is 0 Å². The van der Waals surface area contributed by atoms with E-state index >= 15 is 0 Å². The highest BCUT2D eigenvalue weighted by molar-refractivity contribution is 5.71. The minimum Gasteiger partial charge on any atom is -0.462 e. The molecular formula is C73H138O6. The van der Waals surface area contributed by atoms with Crippen molar-refractivity contribution in [2.45, 2.75) is 412 Å². The van der Waals surface area contributed by atoms with Crippen LogP contribution in [0.2, 0.25) is 0 Å². The maximum Gasteiger partial charge on any atom is 0.306 e. The van der Waals surface area contributed by atoms with Crippen LogP contribution in [0.15, 0.2) is 24.3 Å². The molecule has 0 fully saturated rings. The first-order chi connectivity index (χ1) is 39.0. The number of hydrogen-bond acceptors (Lipinski definition) is 6. The fourth-order valence-electron chi connectivity index (χ4n) is 11.0. The Bertz CT molecular complexity index is 1270. The molecule has 6 nitrogen and oxygen atoms in total. The standard InChI is InChI=1S/C73H138O6/c1-4-7-10-13-16-19-22-25-27-29-30-31-32-33-34-35-36-37-38-39-40-41-42-44-45-48-51-54-57-60-63-66-72(75)78-69-70(68-77-71(74)65-62-59-56-53-50-47-24-21-18-15-12-9-6-3)79-73(76)67-64-61-58-55-52-49-46-43-28-26-23-20-17-14-11-8-5-2/h26,28-30,70H,4-25,27,31-69H2,1-3H3/b28-26-,30-29-. The lowest BCUT2D eigenvalue weighted by molar-refractivity contribution is -0.167. The summed E-state index contributed by atoms with van der Waals surface area (Å²) in [5.41, 5.74) is 0. The van der Waals surface area contributed by atoms with Crippen LogP contribution >= 0.6 is 0 Å². The van der Waals surface area contributed by atoms with E-state index < -0.39 is 6.10 Å². The van der Waals surface area contributed by atoms with Gasteiger partial charge in [0.25, 0.3) is 0 Å². The molecule has 466 valence electrons. The van der Waals surface area contributed by atoms with E-state index in [1.165, 1.54) is 308 Å². The first-order valence-electron chi connectivity index (χ1n) is 35.8. The summed E-state index contributed by atoms with van der Waals surface area (Å²) in [6, 6.07) is 0. The molecule has 1 atom stereocenters. The second-order valence-corrected chi connectivity index (χ2v) is 24.5. The van der Waals surface area contributed by atoms with E-state index in [1.54, 1.807) is 0 Å². The third kappa shape index (κ3) is 66.6. The summed E-state index contributed by atoms with van der Waals surface area (Å²) in [5, 5.41) is 0. The normalized spacial score (nSPS) is 12.1. The smallest absolute Gasteiger partial charge is 0.306 e. The highest BCUT2D eigenvalue weighted by Gasteiger charge is 2.19. The van der Waals surface area contributed by atoms with Gasteiger partial charge in [-0.05, 0) is 70.6 Å². The predicted molar refractivity (Wildman–Crippen MR) is 344 cm³/mol. The van der Waals surface area contributed by atoms with Gasteiger partial charge in [-0.2, -0.15) is 0 Å². The van der Waals surface area contributed by atoms with E-state index in [4.69, 9.17) is 14.2 Å². The quantitative estimate of drug-likeness (QED) is 0.0261. The maximum absolute atomic E-state index is 12.9. The lowest BCUT2D eigenvalue weighted by Gasteiger charge is -2.18. The Kier molecular flexibility index (Phi) is 66.6. The summed E-state index contributed by atoms with van der Waals surface area (Å²) in [6.07, 6.45) is 83.6. The van der Waals surface area contributed by atoms with Crippen molar-refractivity contribution in [2.24, 2.45) is 0 Å². The molecule has 0 aliphatic rings. The van der Waals surface area contributed by atoms with Crippen molar-refractivity contribution in [1.82, 2.24) is 0 Å². The zero-order valence-corrected chi connectivity index (χ0v) is 53.7. The molecule has 0 saturated carbocycles. The van der Waals surface area contributed by atoms with Crippen LogP contribution in [0.5, 0.6) is 0 Å². The Hall–Kier alpha value is -2.11. The second-order valence-electron chi connectivity index (χ2n) is 24.5. The number of esters is 3. The van der Waals surface area contributed by atoms with Crippen molar-refractivity contribution in [2.75, 3.05) is 13.2 Å². The van der Waals surface area contributed by atoms with Gasteiger partial charge >= 0.3 is 17.9 Å². The van der Waals surface area contributed by atoms with E-state index in [0.717, 1.165) is 57.8 Å². The number of rotatable bonds is 67. The van der Waals surface area contributed by atoms with Crippen LogP contribution in [0.4, 0.5) is 0 Å². The Labute approximate surface area is 493 Å². The molecule has 6 heteroatoms. The molecule has 0 aliphatic heterocycles. The Morgan fingerprint density at radius 3 is 0.633 bits per heavy atom. The molecule has 0 rings (SSSR count). The fourth-order valence-corrected chi connectivity index (χ4v) is 11.0. The summed E-state index contributed by atoms with van der Waals surface area (Å²) >= 11 is 0.